The number of carboxylic acid groups (broad SMARTS) is 1. The Labute approximate surface area is 205 Å². The Bertz CT molecular complexity index is 848. The van der Waals surface area contributed by atoms with Crippen LogP contribution in [0.5, 0.6) is 5.75 Å². The summed E-state index contributed by atoms with van der Waals surface area (Å²) in [6.07, 6.45) is 0.608. The molecule has 10 nitrogen and oxygen atoms in total. The molecule has 0 radical (unpaired) electrons. The van der Waals surface area contributed by atoms with E-state index < -0.39 is 47.9 Å². The summed E-state index contributed by atoms with van der Waals surface area (Å²) in [6, 6.07) is 1.95. The molecule has 5 atom stereocenters. The highest BCUT2D eigenvalue weighted by molar-refractivity contribution is 7.80. The van der Waals surface area contributed by atoms with E-state index in [0.29, 0.717) is 12.0 Å². The van der Waals surface area contributed by atoms with Crippen LogP contribution in [0.4, 0.5) is 0 Å². The Morgan fingerprint density at radius 2 is 1.50 bits per heavy atom. The molecule has 1 aromatic rings. The lowest BCUT2D eigenvalue weighted by atomic mass is 9.96. The first-order valence-electron chi connectivity index (χ1n) is 11.2. The first-order chi connectivity index (χ1) is 15.9. The van der Waals surface area contributed by atoms with Gasteiger partial charge in [0.15, 0.2) is 0 Å². The zero-order valence-electron chi connectivity index (χ0n) is 19.9. The van der Waals surface area contributed by atoms with E-state index in [9.17, 15) is 29.4 Å². The second kappa shape index (κ2) is 13.8. The van der Waals surface area contributed by atoms with Crippen LogP contribution in [0.2, 0.25) is 0 Å². The molecule has 34 heavy (non-hydrogen) atoms. The lowest BCUT2D eigenvalue weighted by molar-refractivity contribution is -0.143. The predicted molar refractivity (Wildman–Crippen MR) is 131 cm³/mol. The molecule has 0 aliphatic rings. The number of aromatic hydroxyl groups is 1. The third kappa shape index (κ3) is 8.86. The summed E-state index contributed by atoms with van der Waals surface area (Å²) >= 11 is 4.01. The van der Waals surface area contributed by atoms with E-state index in [4.69, 9.17) is 5.73 Å². The van der Waals surface area contributed by atoms with Crippen molar-refractivity contribution in [1.82, 2.24) is 16.0 Å². The number of rotatable bonds is 13. The molecule has 1 rings (SSSR count). The normalized spacial score (nSPS) is 15.5. The van der Waals surface area contributed by atoms with Gasteiger partial charge < -0.3 is 31.9 Å². The standard InChI is InChI=1S/C23H36N4O6S/c1-5-13(4)19(27-20(29)16(24)11-34)22(31)25-17(10-14-6-8-15(28)9-7-14)21(30)26-18(12(2)3)23(32)33/h6-9,12-13,16-19,28,34H,5,10-11,24H2,1-4H3,(H,25,31)(H,26,30)(H,27,29)(H,32,33). The van der Waals surface area contributed by atoms with Crippen molar-refractivity contribution < 1.29 is 29.4 Å². The highest BCUT2D eigenvalue weighted by Gasteiger charge is 2.33. The molecule has 0 aromatic heterocycles. The molecule has 1 aromatic carbocycles. The van der Waals surface area contributed by atoms with Gasteiger partial charge >= 0.3 is 5.97 Å². The zero-order chi connectivity index (χ0) is 26.0. The zero-order valence-corrected chi connectivity index (χ0v) is 20.8. The minimum atomic E-state index is -1.19. The van der Waals surface area contributed by atoms with Crippen molar-refractivity contribution in [1.29, 1.82) is 0 Å². The van der Waals surface area contributed by atoms with Gasteiger partial charge in [-0.1, -0.05) is 46.2 Å². The van der Waals surface area contributed by atoms with Crippen molar-refractivity contribution in [3.63, 3.8) is 0 Å². The molecule has 190 valence electrons. The number of phenolic OH excluding ortho intramolecular Hbond substituents is 1. The number of carboxylic acids is 1. The number of hydrogen-bond acceptors (Lipinski definition) is 7. The number of carbonyl (C=O) groups excluding carboxylic acids is 3. The van der Waals surface area contributed by atoms with Crippen molar-refractivity contribution in [3.05, 3.63) is 29.8 Å². The molecule has 0 bridgehead atoms. The van der Waals surface area contributed by atoms with Crippen LogP contribution in [-0.4, -0.2) is 63.8 Å². The molecule has 0 fully saturated rings. The molecule has 0 aliphatic carbocycles. The van der Waals surface area contributed by atoms with Crippen molar-refractivity contribution in [3.8, 4) is 5.75 Å². The summed E-state index contributed by atoms with van der Waals surface area (Å²) < 4.78 is 0. The average molecular weight is 497 g/mol. The molecule has 0 saturated carbocycles. The molecular weight excluding hydrogens is 460 g/mol. The third-order valence-corrected chi connectivity index (χ3v) is 5.96. The van der Waals surface area contributed by atoms with E-state index in [0.717, 1.165) is 0 Å². The fourth-order valence-corrected chi connectivity index (χ4v) is 3.32. The van der Waals surface area contributed by atoms with E-state index >= 15 is 0 Å². The Hall–Kier alpha value is -2.79. The molecule has 0 heterocycles. The quantitative estimate of drug-likeness (QED) is 0.194. The van der Waals surface area contributed by atoms with Gasteiger partial charge in [-0.15, -0.1) is 0 Å². The highest BCUT2D eigenvalue weighted by Crippen LogP contribution is 2.14. The largest absolute Gasteiger partial charge is 0.508 e. The maximum atomic E-state index is 13.2. The fourth-order valence-electron chi connectivity index (χ4n) is 3.15. The number of thiol groups is 1. The molecule has 0 spiro atoms. The van der Waals surface area contributed by atoms with Crippen LogP contribution in [0.15, 0.2) is 24.3 Å². The molecule has 11 heteroatoms. The first-order valence-corrected chi connectivity index (χ1v) is 11.8. The van der Waals surface area contributed by atoms with Gasteiger partial charge in [0.05, 0.1) is 6.04 Å². The number of benzene rings is 1. The summed E-state index contributed by atoms with van der Waals surface area (Å²) in [5.41, 5.74) is 6.36. The average Bonchev–Trinajstić information content (AvgIpc) is 2.79. The number of hydrogen-bond donors (Lipinski definition) is 7. The second-order valence-corrected chi connectivity index (χ2v) is 9.03. The van der Waals surface area contributed by atoms with Crippen LogP contribution in [0.3, 0.4) is 0 Å². The van der Waals surface area contributed by atoms with Crippen molar-refractivity contribution >= 4 is 36.3 Å². The van der Waals surface area contributed by atoms with Gasteiger partial charge in [-0.3, -0.25) is 14.4 Å². The predicted octanol–water partition coefficient (Wildman–Crippen LogP) is 0.433. The van der Waals surface area contributed by atoms with Crippen LogP contribution in [0, 0.1) is 11.8 Å². The summed E-state index contributed by atoms with van der Waals surface area (Å²) in [7, 11) is 0. The van der Waals surface area contributed by atoms with E-state index in [1.807, 2.05) is 6.92 Å². The lowest BCUT2D eigenvalue weighted by Gasteiger charge is -2.28. The van der Waals surface area contributed by atoms with Crippen molar-refractivity contribution in [2.75, 3.05) is 5.75 Å². The summed E-state index contributed by atoms with van der Waals surface area (Å²) in [6.45, 7) is 6.96. The Kier molecular flexibility index (Phi) is 11.9. The first kappa shape index (κ1) is 29.2. The van der Waals surface area contributed by atoms with Crippen LogP contribution < -0.4 is 21.7 Å². The minimum Gasteiger partial charge on any atom is -0.508 e. The van der Waals surface area contributed by atoms with Crippen molar-refractivity contribution in [2.45, 2.75) is 64.7 Å². The van der Waals surface area contributed by atoms with Crippen LogP contribution in [0.1, 0.15) is 39.7 Å². The Morgan fingerprint density at radius 3 is 1.97 bits per heavy atom. The van der Waals surface area contributed by atoms with Gasteiger partial charge in [0.2, 0.25) is 17.7 Å². The SMILES string of the molecule is CCC(C)C(NC(=O)C(N)CS)C(=O)NC(Cc1ccc(O)cc1)C(=O)NC(C(=O)O)C(C)C. The minimum absolute atomic E-state index is 0.0413. The molecule has 3 amide bonds. The lowest BCUT2D eigenvalue weighted by Crippen LogP contribution is -2.59. The Balaban J connectivity index is 3.18. The fraction of sp³-hybridized carbons (Fsp3) is 0.565. The van der Waals surface area contributed by atoms with E-state index in [-0.39, 0.29) is 29.8 Å². The van der Waals surface area contributed by atoms with Crippen LogP contribution in [0.25, 0.3) is 0 Å². The number of carbonyl (C=O) groups is 4. The number of aliphatic carboxylic acids is 1. The van der Waals surface area contributed by atoms with Crippen molar-refractivity contribution in [2.24, 2.45) is 17.6 Å². The highest BCUT2D eigenvalue weighted by atomic mass is 32.1. The van der Waals surface area contributed by atoms with E-state index in [1.165, 1.54) is 12.1 Å². The molecule has 0 saturated heterocycles. The Morgan fingerprint density at radius 1 is 0.941 bits per heavy atom. The summed E-state index contributed by atoms with van der Waals surface area (Å²) in [5, 5.41) is 26.7. The third-order valence-electron chi connectivity index (χ3n) is 5.57. The number of phenols is 1. The van der Waals surface area contributed by atoms with Crippen LogP contribution >= 0.6 is 12.6 Å². The summed E-state index contributed by atoms with van der Waals surface area (Å²) in [5.74, 6) is -3.52. The van der Waals surface area contributed by atoms with E-state index in [2.05, 4.69) is 28.6 Å². The van der Waals surface area contributed by atoms with Gasteiger partial charge in [0, 0.05) is 12.2 Å². The van der Waals surface area contributed by atoms with Gasteiger partial charge in [-0.25, -0.2) is 4.79 Å². The second-order valence-electron chi connectivity index (χ2n) is 8.66. The van der Waals surface area contributed by atoms with Gasteiger partial charge in [-0.05, 0) is 29.5 Å². The number of amides is 3. The number of nitrogens with two attached hydrogens (primary N) is 1. The van der Waals surface area contributed by atoms with Crippen LogP contribution in [-0.2, 0) is 25.6 Å². The topological polar surface area (TPSA) is 171 Å². The molecular formula is C23H36N4O6S. The molecule has 5 unspecified atom stereocenters. The smallest absolute Gasteiger partial charge is 0.326 e. The monoisotopic (exact) mass is 496 g/mol. The summed E-state index contributed by atoms with van der Waals surface area (Å²) in [4.78, 5) is 50.1. The van der Waals surface area contributed by atoms with Gasteiger partial charge in [-0.2, -0.15) is 12.6 Å². The maximum absolute atomic E-state index is 13.2. The molecule has 0 aliphatic heterocycles. The van der Waals surface area contributed by atoms with E-state index in [1.54, 1.807) is 32.9 Å². The number of nitrogens with one attached hydrogen (secondary N) is 3. The maximum Gasteiger partial charge on any atom is 0.326 e. The molecule has 7 N–H and O–H groups in total. The van der Waals surface area contributed by atoms with Gasteiger partial charge in [0.25, 0.3) is 0 Å². The van der Waals surface area contributed by atoms with Gasteiger partial charge in [0.1, 0.15) is 23.9 Å².